The lowest BCUT2D eigenvalue weighted by molar-refractivity contribution is 0.323. The highest BCUT2D eigenvalue weighted by molar-refractivity contribution is 4.78. The van der Waals surface area contributed by atoms with Crippen molar-refractivity contribution in [2.45, 2.75) is 66.2 Å². The zero-order chi connectivity index (χ0) is 8.74. The molecule has 0 saturated heterocycles. The highest BCUT2D eigenvalue weighted by Gasteiger charge is 2.25. The van der Waals surface area contributed by atoms with Crippen LogP contribution >= 0.6 is 0 Å². The van der Waals surface area contributed by atoms with Crippen LogP contribution in [0.25, 0.3) is 0 Å². The lowest BCUT2D eigenvalue weighted by atomic mass is 9.86. The summed E-state index contributed by atoms with van der Waals surface area (Å²) in [5, 5.41) is 0. The molecule has 1 fully saturated rings. The Labute approximate surface area is 72.4 Å². The second-order valence-corrected chi connectivity index (χ2v) is 4.08. The molecule has 0 heteroatoms. The second kappa shape index (κ2) is 5.62. The van der Waals surface area contributed by atoms with Gasteiger partial charge in [0.25, 0.3) is 0 Å². The third kappa shape index (κ3) is 4.44. The van der Waals surface area contributed by atoms with Gasteiger partial charge in [-0.2, -0.15) is 0 Å². The van der Waals surface area contributed by atoms with E-state index in [9.17, 15) is 0 Å². The van der Waals surface area contributed by atoms with Crippen LogP contribution in [0.2, 0.25) is 0 Å². The summed E-state index contributed by atoms with van der Waals surface area (Å²) in [6, 6.07) is 0. The van der Waals surface area contributed by atoms with E-state index in [-0.39, 0.29) is 0 Å². The van der Waals surface area contributed by atoms with Gasteiger partial charge in [-0.05, 0) is 18.3 Å². The standard InChI is InChI=1S/C8H16.C3H8/c1-3-8(2)6-4-5-7-8;1-3-2/h3-7H2,1-2H3;3H2,1-2H3. The van der Waals surface area contributed by atoms with Gasteiger partial charge in [-0.1, -0.05) is 53.4 Å². The first-order chi connectivity index (χ1) is 5.18. The van der Waals surface area contributed by atoms with Crippen LogP contribution in [-0.4, -0.2) is 0 Å². The Balaban J connectivity index is 0.000000292. The average Bonchev–Trinajstić information content (AvgIpc) is 2.39. The van der Waals surface area contributed by atoms with Crippen LogP contribution in [0.15, 0.2) is 0 Å². The van der Waals surface area contributed by atoms with E-state index in [1.165, 1.54) is 38.5 Å². The van der Waals surface area contributed by atoms with E-state index in [2.05, 4.69) is 27.7 Å². The Bertz CT molecular complexity index is 78.0. The lowest BCUT2D eigenvalue weighted by Gasteiger charge is -2.19. The molecular formula is C11H24. The summed E-state index contributed by atoms with van der Waals surface area (Å²) in [7, 11) is 0. The normalized spacial score (nSPS) is 20.7. The zero-order valence-corrected chi connectivity index (χ0v) is 8.74. The van der Waals surface area contributed by atoms with Gasteiger partial charge in [0.2, 0.25) is 0 Å². The molecule has 0 unspecified atom stereocenters. The van der Waals surface area contributed by atoms with Crippen molar-refractivity contribution in [3.63, 3.8) is 0 Å². The van der Waals surface area contributed by atoms with Gasteiger partial charge >= 0.3 is 0 Å². The van der Waals surface area contributed by atoms with E-state index >= 15 is 0 Å². The highest BCUT2D eigenvalue weighted by Crippen LogP contribution is 2.39. The van der Waals surface area contributed by atoms with Gasteiger partial charge in [-0.3, -0.25) is 0 Å². The Kier molecular flexibility index (Phi) is 5.62. The van der Waals surface area contributed by atoms with Crippen LogP contribution < -0.4 is 0 Å². The fourth-order valence-electron chi connectivity index (χ4n) is 1.58. The summed E-state index contributed by atoms with van der Waals surface area (Å²) in [4.78, 5) is 0. The quantitative estimate of drug-likeness (QED) is 0.528. The topological polar surface area (TPSA) is 0 Å². The molecule has 0 N–H and O–H groups in total. The number of hydrogen-bond acceptors (Lipinski definition) is 0. The lowest BCUT2D eigenvalue weighted by Crippen LogP contribution is -2.07. The van der Waals surface area contributed by atoms with Crippen molar-refractivity contribution in [1.82, 2.24) is 0 Å². The van der Waals surface area contributed by atoms with Crippen LogP contribution in [0.4, 0.5) is 0 Å². The molecule has 11 heavy (non-hydrogen) atoms. The molecule has 0 aromatic heterocycles. The molecule has 0 amide bonds. The van der Waals surface area contributed by atoms with E-state index < -0.39 is 0 Å². The first kappa shape index (κ1) is 11.0. The van der Waals surface area contributed by atoms with Crippen molar-refractivity contribution in [3.8, 4) is 0 Å². The molecule has 0 heterocycles. The first-order valence-corrected chi connectivity index (χ1v) is 5.18. The van der Waals surface area contributed by atoms with E-state index in [0.717, 1.165) is 5.41 Å². The molecule has 1 saturated carbocycles. The molecule has 68 valence electrons. The number of rotatable bonds is 1. The van der Waals surface area contributed by atoms with Crippen molar-refractivity contribution < 1.29 is 0 Å². The highest BCUT2D eigenvalue weighted by atomic mass is 14.3. The molecule has 0 nitrogen and oxygen atoms in total. The van der Waals surface area contributed by atoms with E-state index in [4.69, 9.17) is 0 Å². The van der Waals surface area contributed by atoms with Crippen LogP contribution in [0.5, 0.6) is 0 Å². The third-order valence-corrected chi connectivity index (χ3v) is 2.66. The summed E-state index contributed by atoms with van der Waals surface area (Å²) in [5.41, 5.74) is 0.736. The predicted molar refractivity (Wildman–Crippen MR) is 52.8 cm³/mol. The van der Waals surface area contributed by atoms with Gasteiger partial charge in [0.15, 0.2) is 0 Å². The second-order valence-electron chi connectivity index (χ2n) is 4.08. The van der Waals surface area contributed by atoms with E-state index in [1.807, 2.05) is 0 Å². The largest absolute Gasteiger partial charge is 0.0656 e. The first-order valence-electron chi connectivity index (χ1n) is 5.18. The molecule has 0 spiro atoms. The van der Waals surface area contributed by atoms with Crippen molar-refractivity contribution >= 4 is 0 Å². The van der Waals surface area contributed by atoms with Crippen molar-refractivity contribution in [1.29, 1.82) is 0 Å². The van der Waals surface area contributed by atoms with Crippen molar-refractivity contribution in [2.24, 2.45) is 5.41 Å². The maximum Gasteiger partial charge on any atom is -0.0328 e. The van der Waals surface area contributed by atoms with Gasteiger partial charge in [-0.15, -0.1) is 0 Å². The van der Waals surface area contributed by atoms with Gasteiger partial charge in [0.1, 0.15) is 0 Å². The van der Waals surface area contributed by atoms with E-state index in [1.54, 1.807) is 0 Å². The predicted octanol–water partition coefficient (Wildman–Crippen LogP) is 4.39. The summed E-state index contributed by atoms with van der Waals surface area (Å²) < 4.78 is 0. The molecule has 0 aliphatic heterocycles. The van der Waals surface area contributed by atoms with Crippen molar-refractivity contribution in [3.05, 3.63) is 0 Å². The van der Waals surface area contributed by atoms with Gasteiger partial charge in [-0.25, -0.2) is 0 Å². The molecule has 0 bridgehead atoms. The smallest absolute Gasteiger partial charge is 0.0328 e. The zero-order valence-electron chi connectivity index (χ0n) is 8.74. The molecule has 0 aromatic carbocycles. The molecule has 1 aliphatic rings. The van der Waals surface area contributed by atoms with Crippen LogP contribution in [0, 0.1) is 5.41 Å². The molecule has 0 atom stereocenters. The fraction of sp³-hybridized carbons (Fsp3) is 1.00. The summed E-state index contributed by atoms with van der Waals surface area (Å²) >= 11 is 0. The molecule has 0 radical (unpaired) electrons. The minimum atomic E-state index is 0.736. The molecule has 1 rings (SSSR count). The Morgan fingerprint density at radius 2 is 1.36 bits per heavy atom. The monoisotopic (exact) mass is 156 g/mol. The van der Waals surface area contributed by atoms with Crippen molar-refractivity contribution in [2.75, 3.05) is 0 Å². The molecule has 0 aromatic rings. The minimum absolute atomic E-state index is 0.736. The van der Waals surface area contributed by atoms with Gasteiger partial charge < -0.3 is 0 Å². The average molecular weight is 156 g/mol. The van der Waals surface area contributed by atoms with Gasteiger partial charge in [0, 0.05) is 0 Å². The Morgan fingerprint density at radius 3 is 1.55 bits per heavy atom. The number of hydrogen-bond donors (Lipinski definition) is 0. The molecular weight excluding hydrogens is 132 g/mol. The summed E-state index contributed by atoms with van der Waals surface area (Å²) in [6.45, 7) is 8.98. The van der Waals surface area contributed by atoms with E-state index in [0.29, 0.717) is 0 Å². The Morgan fingerprint density at radius 1 is 1.00 bits per heavy atom. The summed E-state index contributed by atoms with van der Waals surface area (Å²) in [6.07, 6.45) is 8.54. The van der Waals surface area contributed by atoms with Crippen LogP contribution in [0.3, 0.4) is 0 Å². The third-order valence-electron chi connectivity index (χ3n) is 2.66. The summed E-state index contributed by atoms with van der Waals surface area (Å²) in [5.74, 6) is 0. The minimum Gasteiger partial charge on any atom is -0.0656 e. The maximum absolute atomic E-state index is 2.42. The maximum atomic E-state index is 2.42. The molecule has 1 aliphatic carbocycles. The van der Waals surface area contributed by atoms with Crippen LogP contribution in [0.1, 0.15) is 66.2 Å². The Hall–Kier alpha value is 0. The fourth-order valence-corrected chi connectivity index (χ4v) is 1.58. The van der Waals surface area contributed by atoms with Crippen LogP contribution in [-0.2, 0) is 0 Å². The van der Waals surface area contributed by atoms with Gasteiger partial charge in [0.05, 0.1) is 0 Å². The SMILES string of the molecule is CCC.CCC1(C)CCCC1.